The third-order valence-corrected chi connectivity index (χ3v) is 6.46. The van der Waals surface area contributed by atoms with Gasteiger partial charge in [0.15, 0.2) is 16.4 Å². The van der Waals surface area contributed by atoms with Gasteiger partial charge in [0, 0.05) is 37.7 Å². The van der Waals surface area contributed by atoms with Gasteiger partial charge < -0.3 is 14.2 Å². The number of ether oxygens (including phenoxy) is 1. The number of nitrogens with zero attached hydrogens (tertiary/aromatic N) is 5. The second kappa shape index (κ2) is 9.01. The van der Waals surface area contributed by atoms with Crippen molar-refractivity contribution in [3.05, 3.63) is 53.9 Å². The van der Waals surface area contributed by atoms with Gasteiger partial charge in [0.2, 0.25) is 17.7 Å². The van der Waals surface area contributed by atoms with E-state index in [1.807, 2.05) is 12.4 Å². The van der Waals surface area contributed by atoms with Gasteiger partial charge in [-0.2, -0.15) is 4.98 Å². The Kier molecular flexibility index (Phi) is 6.17. The van der Waals surface area contributed by atoms with E-state index >= 15 is 0 Å². The van der Waals surface area contributed by atoms with Gasteiger partial charge in [-0.15, -0.1) is 0 Å². The first-order chi connectivity index (χ1) is 14.9. The fourth-order valence-corrected chi connectivity index (χ4v) is 4.07. The number of hydrogen-bond donors (Lipinski definition) is 0. The molecule has 0 bridgehead atoms. The van der Waals surface area contributed by atoms with Gasteiger partial charge >= 0.3 is 0 Å². The van der Waals surface area contributed by atoms with E-state index in [4.69, 9.17) is 9.26 Å². The number of anilines is 1. The van der Waals surface area contributed by atoms with Gasteiger partial charge in [0.25, 0.3) is 0 Å². The third kappa shape index (κ3) is 5.19. The van der Waals surface area contributed by atoms with Crippen LogP contribution in [-0.2, 0) is 22.9 Å². The van der Waals surface area contributed by atoms with Crippen LogP contribution in [0.1, 0.15) is 43.0 Å². The molecule has 0 saturated carbocycles. The van der Waals surface area contributed by atoms with E-state index < -0.39 is 9.84 Å². The van der Waals surface area contributed by atoms with Crippen molar-refractivity contribution in [3.8, 4) is 5.75 Å². The number of sulfone groups is 1. The first-order valence-corrected chi connectivity index (χ1v) is 12.1. The summed E-state index contributed by atoms with van der Waals surface area (Å²) in [5, 5.41) is 4.01. The molecule has 1 fully saturated rings. The molecule has 0 unspecified atom stereocenters. The zero-order valence-electron chi connectivity index (χ0n) is 17.6. The normalized spacial score (nSPS) is 15.2. The van der Waals surface area contributed by atoms with Crippen LogP contribution >= 0.6 is 0 Å². The number of aromatic nitrogens is 4. The van der Waals surface area contributed by atoms with E-state index in [2.05, 4.69) is 31.9 Å². The van der Waals surface area contributed by atoms with Crippen molar-refractivity contribution in [1.29, 1.82) is 0 Å². The van der Waals surface area contributed by atoms with Gasteiger partial charge in [-0.3, -0.25) is 0 Å². The van der Waals surface area contributed by atoms with Crippen LogP contribution in [0.25, 0.3) is 0 Å². The zero-order chi connectivity index (χ0) is 21.8. The Morgan fingerprint density at radius 2 is 1.81 bits per heavy atom. The average molecular weight is 444 g/mol. The van der Waals surface area contributed by atoms with E-state index in [0.29, 0.717) is 17.5 Å². The van der Waals surface area contributed by atoms with E-state index in [0.717, 1.165) is 43.9 Å². The van der Waals surface area contributed by atoms with Crippen LogP contribution in [0, 0.1) is 0 Å². The highest BCUT2D eigenvalue weighted by molar-refractivity contribution is 7.90. The summed E-state index contributed by atoms with van der Waals surface area (Å²) in [4.78, 5) is 15.8. The first-order valence-electron chi connectivity index (χ1n) is 10.2. The van der Waals surface area contributed by atoms with Crippen molar-refractivity contribution in [2.45, 2.75) is 43.6 Å². The Hall–Kier alpha value is -3.01. The minimum absolute atomic E-state index is 0.151. The Morgan fingerprint density at radius 3 is 2.42 bits per heavy atom. The Bertz CT molecular complexity index is 1110. The van der Waals surface area contributed by atoms with E-state index in [9.17, 15) is 8.42 Å². The summed E-state index contributed by atoms with van der Waals surface area (Å²) < 4.78 is 34.1. The van der Waals surface area contributed by atoms with Crippen LogP contribution in [-0.4, -0.2) is 47.9 Å². The molecule has 1 saturated heterocycles. The zero-order valence-corrected chi connectivity index (χ0v) is 18.4. The Morgan fingerprint density at radius 1 is 1.13 bits per heavy atom. The van der Waals surface area contributed by atoms with Gasteiger partial charge in [-0.25, -0.2) is 18.4 Å². The molecule has 4 rings (SSSR count). The second-order valence-corrected chi connectivity index (χ2v) is 9.60. The van der Waals surface area contributed by atoms with Crippen LogP contribution in [0.3, 0.4) is 0 Å². The molecule has 31 heavy (non-hydrogen) atoms. The van der Waals surface area contributed by atoms with Crippen LogP contribution in [0.4, 0.5) is 5.95 Å². The predicted octanol–water partition coefficient (Wildman–Crippen LogP) is 2.79. The summed E-state index contributed by atoms with van der Waals surface area (Å²) in [6, 6.07) is 6.25. The highest BCUT2D eigenvalue weighted by atomic mass is 32.2. The van der Waals surface area contributed by atoms with Crippen molar-refractivity contribution in [2.24, 2.45) is 0 Å². The van der Waals surface area contributed by atoms with Gasteiger partial charge in [0.1, 0.15) is 5.75 Å². The van der Waals surface area contributed by atoms with Gasteiger partial charge in [-0.1, -0.05) is 12.1 Å². The fourth-order valence-electron chi connectivity index (χ4n) is 3.44. The topological polar surface area (TPSA) is 111 Å². The van der Waals surface area contributed by atoms with Crippen molar-refractivity contribution in [1.82, 2.24) is 20.1 Å². The molecule has 0 N–H and O–H groups in total. The Balaban J connectivity index is 1.30. The molecule has 1 aromatic carbocycles. The monoisotopic (exact) mass is 443 g/mol. The summed E-state index contributed by atoms with van der Waals surface area (Å²) in [6.07, 6.45) is 7.63. The molecule has 9 nitrogen and oxygen atoms in total. The third-order valence-electron chi connectivity index (χ3n) is 5.33. The number of piperidine rings is 1. The molecule has 0 radical (unpaired) electrons. The molecule has 164 valence electrons. The second-order valence-electron chi connectivity index (χ2n) is 7.59. The summed E-state index contributed by atoms with van der Waals surface area (Å²) in [5.74, 6) is 2.58. The number of hydrogen-bond acceptors (Lipinski definition) is 9. The van der Waals surface area contributed by atoms with Crippen LogP contribution in [0.5, 0.6) is 5.75 Å². The molecule has 3 aromatic rings. The lowest BCUT2D eigenvalue weighted by Gasteiger charge is -2.30. The predicted molar refractivity (Wildman–Crippen MR) is 114 cm³/mol. The summed E-state index contributed by atoms with van der Waals surface area (Å²) in [5.41, 5.74) is 1.13. The highest BCUT2D eigenvalue weighted by Crippen LogP contribution is 2.28. The summed E-state index contributed by atoms with van der Waals surface area (Å²) >= 11 is 0. The quantitative estimate of drug-likeness (QED) is 0.544. The maximum Gasteiger partial charge on any atom is 0.230 e. The molecular weight excluding hydrogens is 418 g/mol. The first kappa shape index (κ1) is 21.2. The standard InChI is InChI=1S/C21H25N5O4S/c1-3-15-12-22-21(23-13-15)26-10-8-16(9-11-26)20-24-19(25-30-20)14-29-17-4-6-18(7-5-17)31(2,27)28/h4-7,12-13,16H,3,8-11,14H2,1-2H3. The molecule has 0 amide bonds. The van der Waals surface area contributed by atoms with E-state index in [1.54, 1.807) is 12.1 Å². The molecule has 3 heterocycles. The molecule has 0 atom stereocenters. The van der Waals surface area contributed by atoms with Crippen molar-refractivity contribution in [3.63, 3.8) is 0 Å². The largest absolute Gasteiger partial charge is 0.485 e. The van der Waals surface area contributed by atoms with E-state index in [1.165, 1.54) is 18.4 Å². The smallest absolute Gasteiger partial charge is 0.230 e. The highest BCUT2D eigenvalue weighted by Gasteiger charge is 2.26. The lowest BCUT2D eigenvalue weighted by molar-refractivity contribution is 0.281. The van der Waals surface area contributed by atoms with Crippen LogP contribution in [0.2, 0.25) is 0 Å². The molecule has 10 heteroatoms. The number of aryl methyl sites for hydroxylation is 1. The van der Waals surface area contributed by atoms with E-state index in [-0.39, 0.29) is 17.4 Å². The number of benzene rings is 1. The van der Waals surface area contributed by atoms with Gasteiger partial charge in [0.05, 0.1) is 4.90 Å². The lowest BCUT2D eigenvalue weighted by atomic mass is 9.97. The summed E-state index contributed by atoms with van der Waals surface area (Å²) in [7, 11) is -3.23. The fraction of sp³-hybridized carbons (Fsp3) is 0.429. The molecule has 0 aliphatic carbocycles. The maximum absolute atomic E-state index is 11.5. The maximum atomic E-state index is 11.5. The Labute approximate surface area is 181 Å². The summed E-state index contributed by atoms with van der Waals surface area (Å²) in [6.45, 7) is 3.90. The van der Waals surface area contributed by atoms with Crippen LogP contribution < -0.4 is 9.64 Å². The molecule has 1 aliphatic rings. The lowest BCUT2D eigenvalue weighted by Crippen LogP contribution is -2.34. The minimum Gasteiger partial charge on any atom is -0.485 e. The molecular formula is C21H25N5O4S. The number of rotatable bonds is 7. The average Bonchev–Trinajstić information content (AvgIpc) is 3.27. The molecule has 1 aliphatic heterocycles. The SMILES string of the molecule is CCc1cnc(N2CCC(c3nc(COc4ccc(S(C)(=O)=O)cc4)no3)CC2)nc1. The van der Waals surface area contributed by atoms with Crippen molar-refractivity contribution < 1.29 is 17.7 Å². The van der Waals surface area contributed by atoms with Crippen LogP contribution in [0.15, 0.2) is 46.1 Å². The molecule has 2 aromatic heterocycles. The van der Waals surface area contributed by atoms with Crippen molar-refractivity contribution >= 4 is 15.8 Å². The minimum atomic E-state index is -3.23. The van der Waals surface area contributed by atoms with Crippen molar-refractivity contribution in [2.75, 3.05) is 24.2 Å². The molecule has 0 spiro atoms. The van der Waals surface area contributed by atoms with Gasteiger partial charge in [-0.05, 0) is 49.1 Å².